The summed E-state index contributed by atoms with van der Waals surface area (Å²) in [5.74, 6) is -0.147. The molecule has 0 aromatic heterocycles. The van der Waals surface area contributed by atoms with Gasteiger partial charge in [0.05, 0.1) is 12.4 Å². The lowest BCUT2D eigenvalue weighted by Crippen LogP contribution is -2.42. The number of sulfonamides is 1. The SMILES string of the molecule is CC(C)C=CCC(N)C(=O)OCC(CNS(C)(=O)=O)OC(C)C(C)(C)C. The summed E-state index contributed by atoms with van der Waals surface area (Å²) in [6, 6.07) is -0.756. The van der Waals surface area contributed by atoms with Crippen LogP contribution in [0, 0.1) is 11.3 Å². The van der Waals surface area contributed by atoms with Gasteiger partial charge in [0.15, 0.2) is 0 Å². The molecule has 0 radical (unpaired) electrons. The number of esters is 1. The zero-order chi connectivity index (χ0) is 20.5. The maximum absolute atomic E-state index is 12.0. The van der Waals surface area contributed by atoms with E-state index in [0.29, 0.717) is 12.3 Å². The monoisotopic (exact) mass is 392 g/mol. The van der Waals surface area contributed by atoms with E-state index in [-0.39, 0.29) is 24.7 Å². The minimum Gasteiger partial charge on any atom is -0.462 e. The van der Waals surface area contributed by atoms with Gasteiger partial charge in [-0.1, -0.05) is 46.8 Å². The van der Waals surface area contributed by atoms with E-state index < -0.39 is 28.1 Å². The number of ether oxygens (including phenoxy) is 2. The molecule has 0 saturated heterocycles. The summed E-state index contributed by atoms with van der Waals surface area (Å²) in [6.45, 7) is 12.0. The minimum atomic E-state index is -3.37. The molecule has 0 amide bonds. The molecule has 0 aliphatic carbocycles. The Hall–Kier alpha value is -0.960. The van der Waals surface area contributed by atoms with Gasteiger partial charge >= 0.3 is 5.97 Å². The van der Waals surface area contributed by atoms with Gasteiger partial charge in [-0.25, -0.2) is 13.1 Å². The third-order valence-electron chi connectivity index (χ3n) is 3.81. The van der Waals surface area contributed by atoms with E-state index in [9.17, 15) is 13.2 Å². The van der Waals surface area contributed by atoms with Crippen molar-refractivity contribution in [2.75, 3.05) is 19.4 Å². The van der Waals surface area contributed by atoms with Gasteiger partial charge in [-0.05, 0) is 24.7 Å². The van der Waals surface area contributed by atoms with E-state index in [1.165, 1.54) is 0 Å². The Morgan fingerprint density at radius 1 is 1.23 bits per heavy atom. The summed E-state index contributed by atoms with van der Waals surface area (Å²) in [5.41, 5.74) is 5.69. The third-order valence-corrected chi connectivity index (χ3v) is 4.51. The second-order valence-corrected chi connectivity index (χ2v) is 9.86. The Labute approximate surface area is 158 Å². The van der Waals surface area contributed by atoms with Crippen LogP contribution in [0.25, 0.3) is 0 Å². The molecule has 0 saturated carbocycles. The van der Waals surface area contributed by atoms with Crippen molar-refractivity contribution in [2.45, 2.75) is 66.2 Å². The zero-order valence-electron chi connectivity index (χ0n) is 17.1. The van der Waals surface area contributed by atoms with E-state index in [1.807, 2.05) is 53.7 Å². The van der Waals surface area contributed by atoms with Gasteiger partial charge in [0.25, 0.3) is 0 Å². The van der Waals surface area contributed by atoms with Gasteiger partial charge in [-0.3, -0.25) is 4.79 Å². The predicted molar refractivity (Wildman–Crippen MR) is 104 cm³/mol. The van der Waals surface area contributed by atoms with Gasteiger partial charge < -0.3 is 15.2 Å². The normalized spacial score (nSPS) is 16.7. The summed E-state index contributed by atoms with van der Waals surface area (Å²) in [5, 5.41) is 0. The average Bonchev–Trinajstić information content (AvgIpc) is 2.46. The zero-order valence-corrected chi connectivity index (χ0v) is 17.9. The Kier molecular flexibility index (Phi) is 10.6. The largest absolute Gasteiger partial charge is 0.462 e. The van der Waals surface area contributed by atoms with Crippen LogP contribution in [0.15, 0.2) is 12.2 Å². The van der Waals surface area contributed by atoms with Crippen LogP contribution in [-0.2, 0) is 24.3 Å². The highest BCUT2D eigenvalue weighted by molar-refractivity contribution is 7.88. The van der Waals surface area contributed by atoms with Crippen LogP contribution in [0.4, 0.5) is 0 Å². The van der Waals surface area contributed by atoms with Gasteiger partial charge in [0.1, 0.15) is 18.8 Å². The van der Waals surface area contributed by atoms with E-state index in [2.05, 4.69) is 4.72 Å². The predicted octanol–water partition coefficient (Wildman–Crippen LogP) is 1.83. The lowest BCUT2D eigenvalue weighted by atomic mass is 9.90. The number of hydrogen-bond donors (Lipinski definition) is 2. The Morgan fingerprint density at radius 3 is 2.27 bits per heavy atom. The molecule has 0 aromatic carbocycles. The molecule has 0 heterocycles. The molecule has 3 atom stereocenters. The summed E-state index contributed by atoms with van der Waals surface area (Å²) in [7, 11) is -3.37. The highest BCUT2D eigenvalue weighted by Gasteiger charge is 2.26. The van der Waals surface area contributed by atoms with Crippen LogP contribution >= 0.6 is 0 Å². The first-order chi connectivity index (χ1) is 11.7. The summed E-state index contributed by atoms with van der Waals surface area (Å²) in [6.07, 6.45) is 4.54. The van der Waals surface area contributed by atoms with Gasteiger partial charge in [0, 0.05) is 6.54 Å². The van der Waals surface area contributed by atoms with Crippen molar-refractivity contribution in [3.8, 4) is 0 Å². The fourth-order valence-corrected chi connectivity index (χ4v) is 2.25. The smallest absolute Gasteiger partial charge is 0.323 e. The van der Waals surface area contributed by atoms with Crippen LogP contribution in [0.5, 0.6) is 0 Å². The van der Waals surface area contributed by atoms with Crippen molar-refractivity contribution in [3.05, 3.63) is 12.2 Å². The first kappa shape index (κ1) is 25.0. The number of hydrogen-bond acceptors (Lipinski definition) is 6. The number of nitrogens with two attached hydrogens (primary N) is 1. The van der Waals surface area contributed by atoms with Gasteiger partial charge in [-0.15, -0.1) is 0 Å². The van der Waals surface area contributed by atoms with Crippen molar-refractivity contribution < 1.29 is 22.7 Å². The number of carbonyl (C=O) groups excluding carboxylic acids is 1. The van der Waals surface area contributed by atoms with Crippen molar-refractivity contribution in [1.82, 2.24) is 4.72 Å². The maximum atomic E-state index is 12.0. The molecule has 0 aliphatic heterocycles. The number of carbonyl (C=O) groups is 1. The highest BCUT2D eigenvalue weighted by atomic mass is 32.2. The molecular formula is C18H36N2O5S. The van der Waals surface area contributed by atoms with E-state index in [4.69, 9.17) is 15.2 Å². The topological polar surface area (TPSA) is 108 Å². The lowest BCUT2D eigenvalue weighted by molar-refractivity contribution is -0.152. The summed E-state index contributed by atoms with van der Waals surface area (Å²) in [4.78, 5) is 12.0. The van der Waals surface area contributed by atoms with Crippen LogP contribution in [0.1, 0.15) is 48.0 Å². The molecule has 0 rings (SSSR count). The molecule has 0 bridgehead atoms. The maximum Gasteiger partial charge on any atom is 0.323 e. The Morgan fingerprint density at radius 2 is 1.81 bits per heavy atom. The quantitative estimate of drug-likeness (QED) is 0.410. The molecule has 7 nitrogen and oxygen atoms in total. The number of rotatable bonds is 11. The van der Waals surface area contributed by atoms with Crippen LogP contribution in [-0.4, -0.2) is 52.0 Å². The molecule has 154 valence electrons. The fourth-order valence-electron chi connectivity index (χ4n) is 1.76. The van der Waals surface area contributed by atoms with Crippen LogP contribution < -0.4 is 10.5 Å². The molecular weight excluding hydrogens is 356 g/mol. The Balaban J connectivity index is 4.72. The standard InChI is InChI=1S/C18H36N2O5S/c1-13(2)9-8-10-16(19)17(21)24-12-15(11-20-26(7,22)23)25-14(3)18(4,5)6/h8-9,13-16,20H,10-12,19H2,1-7H3. The van der Waals surface area contributed by atoms with E-state index in [1.54, 1.807) is 0 Å². The van der Waals surface area contributed by atoms with Crippen molar-refractivity contribution in [2.24, 2.45) is 17.1 Å². The first-order valence-electron chi connectivity index (χ1n) is 8.91. The van der Waals surface area contributed by atoms with Crippen molar-refractivity contribution >= 4 is 16.0 Å². The molecule has 0 fully saturated rings. The molecule has 0 aromatic rings. The molecule has 3 unspecified atom stereocenters. The van der Waals surface area contributed by atoms with Crippen LogP contribution in [0.3, 0.4) is 0 Å². The molecule has 0 aliphatic rings. The fraction of sp³-hybridized carbons (Fsp3) is 0.833. The second-order valence-electron chi connectivity index (χ2n) is 8.03. The molecule has 26 heavy (non-hydrogen) atoms. The average molecular weight is 393 g/mol. The van der Waals surface area contributed by atoms with Crippen LogP contribution in [0.2, 0.25) is 0 Å². The van der Waals surface area contributed by atoms with E-state index >= 15 is 0 Å². The van der Waals surface area contributed by atoms with Gasteiger partial charge in [0.2, 0.25) is 10.0 Å². The first-order valence-corrected chi connectivity index (χ1v) is 10.8. The summed E-state index contributed by atoms with van der Waals surface area (Å²) >= 11 is 0. The van der Waals surface area contributed by atoms with Crippen molar-refractivity contribution in [3.63, 3.8) is 0 Å². The number of allylic oxidation sites excluding steroid dienone is 1. The molecule has 0 spiro atoms. The minimum absolute atomic E-state index is 0.0228. The molecule has 8 heteroatoms. The second kappa shape index (κ2) is 11.0. The van der Waals surface area contributed by atoms with Gasteiger partial charge in [-0.2, -0.15) is 0 Å². The van der Waals surface area contributed by atoms with Crippen molar-refractivity contribution in [1.29, 1.82) is 0 Å². The Bertz CT molecular complexity index is 552. The summed E-state index contributed by atoms with van der Waals surface area (Å²) < 4.78 is 36.2. The lowest BCUT2D eigenvalue weighted by Gasteiger charge is -2.31. The third kappa shape index (κ3) is 12.4. The molecule has 3 N–H and O–H groups in total. The highest BCUT2D eigenvalue weighted by Crippen LogP contribution is 2.23. The number of nitrogens with one attached hydrogen (secondary N) is 1. The van der Waals surface area contributed by atoms with E-state index in [0.717, 1.165) is 6.26 Å².